The first-order valence-electron chi connectivity index (χ1n) is 11.3. The molecule has 0 amide bonds. The van der Waals surface area contributed by atoms with Crippen molar-refractivity contribution in [3.05, 3.63) is 6.92 Å². The number of aliphatic carboxylic acids is 2. The lowest BCUT2D eigenvalue weighted by atomic mass is 9.53. The number of carboxylic acid groups (broad SMARTS) is 2. The first-order chi connectivity index (χ1) is 13.0. The Kier molecular flexibility index (Phi) is 8.62. The van der Waals surface area contributed by atoms with E-state index in [1.54, 1.807) is 0 Å². The Morgan fingerprint density at radius 1 is 0.704 bits per heavy atom. The molecule has 27 heavy (non-hydrogen) atoms. The van der Waals surface area contributed by atoms with Crippen LogP contribution in [0.1, 0.15) is 109 Å². The number of hydrogen-bond acceptors (Lipinski definition) is 2. The van der Waals surface area contributed by atoms with Crippen LogP contribution in [0.4, 0.5) is 0 Å². The van der Waals surface area contributed by atoms with Gasteiger partial charge in [-0.25, -0.2) is 0 Å². The van der Waals surface area contributed by atoms with Gasteiger partial charge in [-0.3, -0.25) is 9.59 Å². The first-order valence-corrected chi connectivity index (χ1v) is 11.3. The van der Waals surface area contributed by atoms with Gasteiger partial charge >= 0.3 is 11.9 Å². The van der Waals surface area contributed by atoms with E-state index in [9.17, 15) is 19.8 Å². The van der Waals surface area contributed by atoms with Crippen LogP contribution in [-0.2, 0) is 9.59 Å². The molecule has 2 N–H and O–H groups in total. The van der Waals surface area contributed by atoms with Crippen LogP contribution in [-0.4, -0.2) is 22.2 Å². The van der Waals surface area contributed by atoms with Crippen LogP contribution in [0.2, 0.25) is 0 Å². The molecule has 0 unspecified atom stereocenters. The Balaban J connectivity index is 2.49. The van der Waals surface area contributed by atoms with Crippen LogP contribution in [0.25, 0.3) is 0 Å². The SMILES string of the molecule is [CH2]CCCC(C1(C(=O)O)CCCCCCC1)C1(C(=O)O)CCCCCCC1. The van der Waals surface area contributed by atoms with E-state index in [0.29, 0.717) is 32.1 Å². The second-order valence-electron chi connectivity index (χ2n) is 9.01. The highest BCUT2D eigenvalue weighted by atomic mass is 16.4. The lowest BCUT2D eigenvalue weighted by Crippen LogP contribution is -2.51. The van der Waals surface area contributed by atoms with Gasteiger partial charge in [0.25, 0.3) is 0 Å². The first kappa shape index (κ1) is 22.2. The van der Waals surface area contributed by atoms with Gasteiger partial charge < -0.3 is 10.2 Å². The highest BCUT2D eigenvalue weighted by molar-refractivity contribution is 5.80. The minimum absolute atomic E-state index is 0.280. The molecule has 4 nitrogen and oxygen atoms in total. The van der Waals surface area contributed by atoms with Crippen molar-refractivity contribution >= 4 is 11.9 Å². The number of hydrogen-bond donors (Lipinski definition) is 2. The van der Waals surface area contributed by atoms with Crippen molar-refractivity contribution in [2.24, 2.45) is 16.7 Å². The van der Waals surface area contributed by atoms with E-state index < -0.39 is 22.8 Å². The zero-order valence-electron chi connectivity index (χ0n) is 17.0. The Morgan fingerprint density at radius 3 is 1.33 bits per heavy atom. The van der Waals surface area contributed by atoms with Gasteiger partial charge in [0.1, 0.15) is 0 Å². The van der Waals surface area contributed by atoms with Crippen molar-refractivity contribution in [2.45, 2.75) is 109 Å². The van der Waals surface area contributed by atoms with Gasteiger partial charge in [0, 0.05) is 0 Å². The number of carbonyl (C=O) groups is 2. The molecular formula is C23H39O4. The van der Waals surface area contributed by atoms with Gasteiger partial charge in [0.15, 0.2) is 0 Å². The van der Waals surface area contributed by atoms with Gasteiger partial charge in [0.05, 0.1) is 10.8 Å². The fourth-order valence-electron chi connectivity index (χ4n) is 5.93. The van der Waals surface area contributed by atoms with E-state index in [4.69, 9.17) is 0 Å². The summed E-state index contributed by atoms with van der Waals surface area (Å²) < 4.78 is 0. The Morgan fingerprint density at radius 2 is 1.04 bits per heavy atom. The molecule has 155 valence electrons. The number of rotatable bonds is 7. The number of unbranched alkanes of at least 4 members (excludes halogenated alkanes) is 1. The normalized spacial score (nSPS) is 23.6. The molecule has 0 aromatic carbocycles. The molecule has 0 atom stereocenters. The van der Waals surface area contributed by atoms with Crippen LogP contribution < -0.4 is 0 Å². The molecule has 0 aromatic rings. The molecule has 2 aliphatic carbocycles. The summed E-state index contributed by atoms with van der Waals surface area (Å²) in [6, 6.07) is 0. The van der Waals surface area contributed by atoms with Crippen LogP contribution in [0.5, 0.6) is 0 Å². The highest BCUT2D eigenvalue weighted by Crippen LogP contribution is 2.55. The monoisotopic (exact) mass is 379 g/mol. The van der Waals surface area contributed by atoms with E-state index in [1.807, 2.05) is 0 Å². The molecular weight excluding hydrogens is 340 g/mol. The topological polar surface area (TPSA) is 74.6 Å². The van der Waals surface area contributed by atoms with E-state index in [2.05, 4.69) is 6.92 Å². The standard InChI is InChI=1S/C23H39O4/c1-2-3-14-19(22(20(24)25)15-10-6-4-7-11-16-22)23(21(26)27)17-12-8-5-9-13-18-23/h19H,1-18H2,(H,24,25)(H,26,27). The third-order valence-corrected chi connectivity index (χ3v) is 7.42. The van der Waals surface area contributed by atoms with Crippen LogP contribution in [0.3, 0.4) is 0 Å². The van der Waals surface area contributed by atoms with Gasteiger partial charge in [-0.15, -0.1) is 0 Å². The summed E-state index contributed by atoms with van der Waals surface area (Å²) in [5, 5.41) is 20.8. The Labute approximate surface area is 165 Å². The van der Waals surface area contributed by atoms with Gasteiger partial charge in [-0.05, 0) is 38.0 Å². The lowest BCUT2D eigenvalue weighted by molar-refractivity contribution is -0.172. The summed E-state index contributed by atoms with van der Waals surface area (Å²) in [6.07, 6.45) is 15.0. The smallest absolute Gasteiger partial charge is 0.309 e. The fourth-order valence-corrected chi connectivity index (χ4v) is 5.93. The van der Waals surface area contributed by atoms with Crippen molar-refractivity contribution in [3.8, 4) is 0 Å². The maximum atomic E-state index is 12.7. The predicted octanol–water partition coefficient (Wildman–Crippen LogP) is 6.24. The van der Waals surface area contributed by atoms with E-state index in [0.717, 1.165) is 64.2 Å². The molecule has 2 rings (SSSR count). The third kappa shape index (κ3) is 5.06. The summed E-state index contributed by atoms with van der Waals surface area (Å²) in [7, 11) is 0. The summed E-state index contributed by atoms with van der Waals surface area (Å²) in [5.41, 5.74) is -1.76. The van der Waals surface area contributed by atoms with Gasteiger partial charge in [-0.2, -0.15) is 0 Å². The van der Waals surface area contributed by atoms with Crippen LogP contribution in [0.15, 0.2) is 0 Å². The zero-order chi connectivity index (χ0) is 19.8. The maximum Gasteiger partial charge on any atom is 0.309 e. The predicted molar refractivity (Wildman–Crippen MR) is 107 cm³/mol. The largest absolute Gasteiger partial charge is 0.481 e. The van der Waals surface area contributed by atoms with Crippen LogP contribution >= 0.6 is 0 Å². The minimum atomic E-state index is -0.882. The molecule has 0 aromatic heterocycles. The molecule has 4 heteroatoms. The molecule has 0 saturated heterocycles. The summed E-state index contributed by atoms with van der Waals surface area (Å²) >= 11 is 0. The third-order valence-electron chi connectivity index (χ3n) is 7.42. The Bertz CT molecular complexity index is 429. The van der Waals surface area contributed by atoms with Crippen LogP contribution in [0, 0.1) is 23.7 Å². The van der Waals surface area contributed by atoms with Crippen molar-refractivity contribution in [2.75, 3.05) is 0 Å². The quantitative estimate of drug-likeness (QED) is 0.549. The second-order valence-corrected chi connectivity index (χ2v) is 9.01. The molecule has 2 fully saturated rings. The van der Waals surface area contributed by atoms with Crippen molar-refractivity contribution in [1.29, 1.82) is 0 Å². The molecule has 0 aliphatic heterocycles. The maximum absolute atomic E-state index is 12.7. The lowest BCUT2D eigenvalue weighted by Gasteiger charge is -2.48. The highest BCUT2D eigenvalue weighted by Gasteiger charge is 2.57. The van der Waals surface area contributed by atoms with Gasteiger partial charge in [0.2, 0.25) is 0 Å². The molecule has 2 saturated carbocycles. The van der Waals surface area contributed by atoms with E-state index in [-0.39, 0.29) is 5.92 Å². The summed E-state index contributed by atoms with van der Waals surface area (Å²) in [4.78, 5) is 25.4. The van der Waals surface area contributed by atoms with E-state index in [1.165, 1.54) is 12.8 Å². The second kappa shape index (κ2) is 10.5. The molecule has 0 bridgehead atoms. The van der Waals surface area contributed by atoms with Crippen molar-refractivity contribution < 1.29 is 19.8 Å². The van der Waals surface area contributed by atoms with Crippen molar-refractivity contribution in [1.82, 2.24) is 0 Å². The molecule has 0 spiro atoms. The molecule has 2 aliphatic rings. The average Bonchev–Trinajstić information content (AvgIpc) is 2.57. The van der Waals surface area contributed by atoms with Gasteiger partial charge in [-0.1, -0.05) is 84.0 Å². The molecule has 1 radical (unpaired) electrons. The fraction of sp³-hybridized carbons (Fsp3) is 0.870. The summed E-state index contributed by atoms with van der Waals surface area (Å²) in [5.74, 6) is -1.78. The van der Waals surface area contributed by atoms with E-state index >= 15 is 0 Å². The average molecular weight is 380 g/mol. The van der Waals surface area contributed by atoms with Crippen molar-refractivity contribution in [3.63, 3.8) is 0 Å². The summed E-state index contributed by atoms with van der Waals surface area (Å²) in [6.45, 7) is 3.96. The minimum Gasteiger partial charge on any atom is -0.481 e. The Hall–Kier alpha value is -1.06. The zero-order valence-corrected chi connectivity index (χ0v) is 17.0. The number of carboxylic acids is 2. The molecule has 0 heterocycles.